The predicted molar refractivity (Wildman–Crippen MR) is 146 cm³/mol. The Hall–Kier alpha value is -2.87. The van der Waals surface area contributed by atoms with E-state index in [1.807, 2.05) is 55.1 Å². The van der Waals surface area contributed by atoms with Gasteiger partial charge in [0, 0.05) is 57.7 Å². The highest BCUT2D eigenvalue weighted by atomic mass is 19.3. The van der Waals surface area contributed by atoms with Gasteiger partial charge in [0.2, 0.25) is 11.8 Å². The fourth-order valence-electron chi connectivity index (χ4n) is 6.88. The number of aryl methyl sites for hydroxylation is 2. The Morgan fingerprint density at radius 3 is 2.28 bits per heavy atom. The first-order valence-corrected chi connectivity index (χ1v) is 14.3. The average Bonchev–Trinajstić information content (AvgIpc) is 3.46. The minimum absolute atomic E-state index is 0.0831. The maximum absolute atomic E-state index is 13.6. The highest BCUT2D eigenvalue weighted by Crippen LogP contribution is 2.37. The van der Waals surface area contributed by atoms with Crippen molar-refractivity contribution in [3.63, 3.8) is 0 Å². The van der Waals surface area contributed by atoms with Crippen molar-refractivity contribution in [2.75, 3.05) is 32.7 Å². The van der Waals surface area contributed by atoms with Crippen molar-refractivity contribution < 1.29 is 18.4 Å². The molecule has 1 saturated carbocycles. The van der Waals surface area contributed by atoms with E-state index in [-0.39, 0.29) is 55.4 Å². The summed E-state index contributed by atoms with van der Waals surface area (Å²) in [5, 5.41) is 3.24. The van der Waals surface area contributed by atoms with Crippen LogP contribution in [0.4, 0.5) is 8.78 Å². The number of aromatic nitrogens is 1. The summed E-state index contributed by atoms with van der Waals surface area (Å²) in [6, 6.07) is 11.7. The molecule has 4 atom stereocenters. The fourth-order valence-corrected chi connectivity index (χ4v) is 6.88. The minimum Gasteiger partial charge on any atom is -0.349 e. The Morgan fingerprint density at radius 2 is 1.67 bits per heavy atom. The number of carbonyl (C=O) groups is 2. The Balaban J connectivity index is 1.20. The van der Waals surface area contributed by atoms with Crippen LogP contribution in [0.15, 0.2) is 42.6 Å². The number of alkyl halides is 2. The maximum atomic E-state index is 13.6. The first-order chi connectivity index (χ1) is 18.6. The van der Waals surface area contributed by atoms with Crippen molar-refractivity contribution >= 4 is 11.8 Å². The van der Waals surface area contributed by atoms with Crippen LogP contribution in [0.3, 0.4) is 0 Å². The SMILES string of the molecule is Cc1ccnc(C)c1C(=O)N1CC2CN(CC(C)[C@H](NC(=O)C3CCC(F)(F)CC3)c3ccccc3)CC2C1. The third-order valence-corrected chi connectivity index (χ3v) is 9.07. The zero-order valence-corrected chi connectivity index (χ0v) is 23.2. The second-order valence-electron chi connectivity index (χ2n) is 12.0. The van der Waals surface area contributed by atoms with Gasteiger partial charge in [0.25, 0.3) is 5.91 Å². The van der Waals surface area contributed by atoms with Crippen LogP contribution in [0, 0.1) is 37.5 Å². The van der Waals surface area contributed by atoms with Crippen LogP contribution in [0.25, 0.3) is 0 Å². The van der Waals surface area contributed by atoms with Gasteiger partial charge in [0.1, 0.15) is 0 Å². The third-order valence-electron chi connectivity index (χ3n) is 9.07. The lowest BCUT2D eigenvalue weighted by Gasteiger charge is -2.33. The zero-order valence-electron chi connectivity index (χ0n) is 23.2. The molecule has 5 rings (SSSR count). The van der Waals surface area contributed by atoms with Crippen LogP contribution in [-0.4, -0.2) is 65.2 Å². The van der Waals surface area contributed by atoms with E-state index in [2.05, 4.69) is 22.1 Å². The molecule has 2 amide bonds. The monoisotopic (exact) mass is 538 g/mol. The Kier molecular flexibility index (Phi) is 8.04. The number of fused-ring (bicyclic) bond motifs is 1. The number of benzene rings is 1. The van der Waals surface area contributed by atoms with Crippen LogP contribution in [0.1, 0.15) is 65.8 Å². The molecule has 0 spiro atoms. The number of amides is 2. The quantitative estimate of drug-likeness (QED) is 0.538. The number of nitrogens with zero attached hydrogens (tertiary/aromatic N) is 3. The van der Waals surface area contributed by atoms with E-state index in [9.17, 15) is 18.4 Å². The molecule has 210 valence electrons. The summed E-state index contributed by atoms with van der Waals surface area (Å²) in [7, 11) is 0. The molecule has 39 heavy (non-hydrogen) atoms. The van der Waals surface area contributed by atoms with Crippen LogP contribution in [0.5, 0.6) is 0 Å². The standard InChI is InChI=1S/C31H40F2N4O2/c1-20-11-14-34-22(3)27(20)30(39)37-18-25-16-36(17-26(25)19-37)15-21(2)28(23-7-5-4-6-8-23)35-29(38)24-9-12-31(32,33)13-10-24/h4-8,11,14,21,24-26,28H,9-10,12-13,15-19H2,1-3H3,(H,35,38)/t21?,25?,26?,28-/m0/s1. The molecule has 3 heterocycles. The number of pyridine rings is 1. The maximum Gasteiger partial charge on any atom is 0.255 e. The molecule has 2 aromatic rings. The zero-order chi connectivity index (χ0) is 27.7. The Bertz CT molecular complexity index is 1150. The smallest absolute Gasteiger partial charge is 0.255 e. The van der Waals surface area contributed by atoms with E-state index in [4.69, 9.17) is 0 Å². The number of halogens is 2. The van der Waals surface area contributed by atoms with Gasteiger partial charge in [0.15, 0.2) is 0 Å². The van der Waals surface area contributed by atoms with Crippen molar-refractivity contribution in [2.24, 2.45) is 23.7 Å². The van der Waals surface area contributed by atoms with Crippen molar-refractivity contribution in [3.8, 4) is 0 Å². The first-order valence-electron chi connectivity index (χ1n) is 14.3. The molecular weight excluding hydrogens is 498 g/mol. The Labute approximate surface area is 230 Å². The minimum atomic E-state index is -2.65. The summed E-state index contributed by atoms with van der Waals surface area (Å²) in [4.78, 5) is 35.2. The molecule has 3 unspecified atom stereocenters. The average molecular weight is 539 g/mol. The van der Waals surface area contributed by atoms with E-state index in [1.54, 1.807) is 6.20 Å². The highest BCUT2D eigenvalue weighted by Gasteiger charge is 2.43. The number of hydrogen-bond acceptors (Lipinski definition) is 4. The second-order valence-corrected chi connectivity index (χ2v) is 12.0. The molecule has 1 aromatic heterocycles. The van der Waals surface area contributed by atoms with Gasteiger partial charge in [-0.2, -0.15) is 0 Å². The summed E-state index contributed by atoms with van der Waals surface area (Å²) >= 11 is 0. The lowest BCUT2D eigenvalue weighted by Crippen LogP contribution is -2.42. The number of nitrogens with one attached hydrogen (secondary N) is 1. The van der Waals surface area contributed by atoms with Gasteiger partial charge in [-0.3, -0.25) is 14.6 Å². The van der Waals surface area contributed by atoms with Crippen molar-refractivity contribution in [3.05, 3.63) is 65.0 Å². The summed E-state index contributed by atoms with van der Waals surface area (Å²) in [6.45, 7) is 10.2. The van der Waals surface area contributed by atoms with Gasteiger partial charge in [-0.1, -0.05) is 37.3 Å². The predicted octanol–water partition coefficient (Wildman–Crippen LogP) is 5.02. The molecule has 2 aliphatic heterocycles. The number of likely N-dealkylation sites (tertiary alicyclic amines) is 2. The van der Waals surface area contributed by atoms with Crippen LogP contribution >= 0.6 is 0 Å². The van der Waals surface area contributed by atoms with Crippen molar-refractivity contribution in [1.82, 2.24) is 20.1 Å². The molecule has 8 heteroatoms. The highest BCUT2D eigenvalue weighted by molar-refractivity contribution is 5.96. The summed E-state index contributed by atoms with van der Waals surface area (Å²) in [6.07, 6.45) is 1.78. The molecule has 2 saturated heterocycles. The number of rotatable bonds is 7. The van der Waals surface area contributed by atoms with E-state index >= 15 is 0 Å². The molecular formula is C31H40F2N4O2. The number of carbonyl (C=O) groups excluding carboxylic acids is 2. The van der Waals surface area contributed by atoms with E-state index in [1.165, 1.54) is 0 Å². The first kappa shape index (κ1) is 27.7. The molecule has 1 N–H and O–H groups in total. The largest absolute Gasteiger partial charge is 0.349 e. The van der Waals surface area contributed by atoms with Gasteiger partial charge in [-0.15, -0.1) is 0 Å². The lowest BCUT2D eigenvalue weighted by atomic mass is 9.85. The van der Waals surface area contributed by atoms with Gasteiger partial charge >= 0.3 is 0 Å². The van der Waals surface area contributed by atoms with Gasteiger partial charge < -0.3 is 15.1 Å². The summed E-state index contributed by atoms with van der Waals surface area (Å²) < 4.78 is 27.3. The molecule has 1 aromatic carbocycles. The second kappa shape index (κ2) is 11.3. The van der Waals surface area contributed by atoms with Crippen LogP contribution in [-0.2, 0) is 4.79 Å². The van der Waals surface area contributed by atoms with E-state index in [0.717, 1.165) is 55.1 Å². The number of hydrogen-bond donors (Lipinski definition) is 1. The van der Waals surface area contributed by atoms with Gasteiger partial charge in [0.05, 0.1) is 17.3 Å². The van der Waals surface area contributed by atoms with Crippen LogP contribution < -0.4 is 5.32 Å². The van der Waals surface area contributed by atoms with Crippen molar-refractivity contribution in [1.29, 1.82) is 0 Å². The lowest BCUT2D eigenvalue weighted by molar-refractivity contribution is -0.130. The van der Waals surface area contributed by atoms with Gasteiger partial charge in [-0.25, -0.2) is 8.78 Å². The van der Waals surface area contributed by atoms with E-state index < -0.39 is 5.92 Å². The molecule has 0 radical (unpaired) electrons. The van der Waals surface area contributed by atoms with Crippen LogP contribution in [0.2, 0.25) is 0 Å². The Morgan fingerprint density at radius 1 is 1.03 bits per heavy atom. The molecule has 0 bridgehead atoms. The van der Waals surface area contributed by atoms with Gasteiger partial charge in [-0.05, 0) is 61.6 Å². The fraction of sp³-hybridized carbons (Fsp3) is 0.581. The summed E-state index contributed by atoms with van der Waals surface area (Å²) in [5.41, 5.74) is 3.52. The third kappa shape index (κ3) is 6.16. The molecule has 3 fully saturated rings. The topological polar surface area (TPSA) is 65.5 Å². The molecule has 1 aliphatic carbocycles. The summed E-state index contributed by atoms with van der Waals surface area (Å²) in [5.74, 6) is -2.02. The molecule has 3 aliphatic rings. The normalized spacial score (nSPS) is 24.8. The molecule has 6 nitrogen and oxygen atoms in total. The van der Waals surface area contributed by atoms with E-state index in [0.29, 0.717) is 11.8 Å². The van der Waals surface area contributed by atoms with Crippen molar-refractivity contribution in [2.45, 2.75) is 58.4 Å².